The third-order valence-corrected chi connectivity index (χ3v) is 2.71. The molecule has 3 heteroatoms. The molecule has 0 saturated carbocycles. The van der Waals surface area contributed by atoms with Gasteiger partial charge in [0, 0.05) is 30.9 Å². The molecule has 0 aromatic carbocycles. The van der Waals surface area contributed by atoms with Crippen molar-refractivity contribution in [1.29, 1.82) is 0 Å². The van der Waals surface area contributed by atoms with Gasteiger partial charge in [0.1, 0.15) is 6.54 Å². The van der Waals surface area contributed by atoms with Gasteiger partial charge < -0.3 is 28.9 Å². The van der Waals surface area contributed by atoms with E-state index in [1.54, 1.807) is 0 Å². The summed E-state index contributed by atoms with van der Waals surface area (Å²) in [5.41, 5.74) is 1.38. The van der Waals surface area contributed by atoms with Crippen LogP contribution in [0.15, 0.2) is 24.5 Å². The summed E-state index contributed by atoms with van der Waals surface area (Å²) in [6.07, 6.45) is 7.02. The van der Waals surface area contributed by atoms with Crippen molar-refractivity contribution in [3.8, 4) is 0 Å². The van der Waals surface area contributed by atoms with Gasteiger partial charge >= 0.3 is 0 Å². The number of aromatic nitrogens is 1. The number of anilines is 1. The zero-order valence-electron chi connectivity index (χ0n) is 8.62. The maximum absolute atomic E-state index is 2.46. The fourth-order valence-electron chi connectivity index (χ4n) is 1.85. The lowest BCUT2D eigenvalue weighted by Crippen LogP contribution is -3.00. The molecule has 0 spiro atoms. The van der Waals surface area contributed by atoms with E-state index in [2.05, 4.69) is 40.9 Å². The monoisotopic (exact) mass is 304 g/mol. The molecule has 14 heavy (non-hydrogen) atoms. The normalized spacial score (nSPS) is 15.4. The lowest BCUT2D eigenvalue weighted by Gasteiger charge is -2.15. The molecule has 0 N–H and O–H groups in total. The smallest absolute Gasteiger partial charge is 0.170 e. The van der Waals surface area contributed by atoms with Gasteiger partial charge in [-0.15, -0.1) is 0 Å². The van der Waals surface area contributed by atoms with Crippen LogP contribution in [0.4, 0.5) is 5.69 Å². The number of halogens is 1. The molecular formula is C11H17IN2. The van der Waals surface area contributed by atoms with Crippen molar-refractivity contribution in [2.45, 2.75) is 26.3 Å². The number of aryl methyl sites for hydroxylation is 1. The van der Waals surface area contributed by atoms with Crippen LogP contribution < -0.4 is 33.4 Å². The molecule has 2 nitrogen and oxygen atoms in total. The Hall–Kier alpha value is -0.320. The molecule has 2 heterocycles. The van der Waals surface area contributed by atoms with E-state index in [-0.39, 0.29) is 24.0 Å². The van der Waals surface area contributed by atoms with Crippen molar-refractivity contribution in [3.05, 3.63) is 24.5 Å². The zero-order chi connectivity index (χ0) is 9.10. The Bertz CT molecular complexity index is 265. The molecule has 1 aromatic heterocycles. The van der Waals surface area contributed by atoms with Gasteiger partial charge in [-0.25, -0.2) is 4.57 Å². The third-order valence-electron chi connectivity index (χ3n) is 2.71. The van der Waals surface area contributed by atoms with Crippen molar-refractivity contribution in [2.24, 2.45) is 0 Å². The fourth-order valence-corrected chi connectivity index (χ4v) is 1.85. The van der Waals surface area contributed by atoms with Gasteiger partial charge in [-0.05, 0) is 19.8 Å². The summed E-state index contributed by atoms with van der Waals surface area (Å²) in [5.74, 6) is 0. The van der Waals surface area contributed by atoms with Crippen LogP contribution in [0.2, 0.25) is 0 Å². The highest BCUT2D eigenvalue weighted by molar-refractivity contribution is 5.44. The maximum Gasteiger partial charge on any atom is 0.170 e. The minimum absolute atomic E-state index is 0. The van der Waals surface area contributed by atoms with E-state index >= 15 is 0 Å². The number of nitrogens with zero attached hydrogens (tertiary/aromatic N) is 2. The van der Waals surface area contributed by atoms with E-state index in [4.69, 9.17) is 0 Å². The van der Waals surface area contributed by atoms with Gasteiger partial charge in [-0.2, -0.15) is 0 Å². The number of hydrogen-bond acceptors (Lipinski definition) is 1. The van der Waals surface area contributed by atoms with Crippen LogP contribution in [0.3, 0.4) is 0 Å². The second-order valence-electron chi connectivity index (χ2n) is 3.58. The second-order valence-corrected chi connectivity index (χ2v) is 3.58. The minimum atomic E-state index is 0. The first-order chi connectivity index (χ1) is 6.40. The summed E-state index contributed by atoms with van der Waals surface area (Å²) in [6.45, 7) is 5.68. The van der Waals surface area contributed by atoms with Gasteiger partial charge in [0.15, 0.2) is 12.4 Å². The number of pyridine rings is 1. The highest BCUT2D eigenvalue weighted by Crippen LogP contribution is 2.17. The molecule has 0 bridgehead atoms. The van der Waals surface area contributed by atoms with Crippen LogP contribution in [0, 0.1) is 0 Å². The summed E-state index contributed by atoms with van der Waals surface area (Å²) in [7, 11) is 0. The van der Waals surface area contributed by atoms with Gasteiger partial charge in [0.2, 0.25) is 0 Å². The topological polar surface area (TPSA) is 7.12 Å². The van der Waals surface area contributed by atoms with Crippen LogP contribution in [0.5, 0.6) is 0 Å². The highest BCUT2D eigenvalue weighted by Gasteiger charge is 2.12. The molecule has 1 aromatic rings. The molecule has 2 rings (SSSR count). The molecule has 78 valence electrons. The SMILES string of the molecule is CC[n+]1ccc(N2CCCC2)cc1.[I-]. The van der Waals surface area contributed by atoms with E-state index in [1.165, 1.54) is 31.6 Å². The Morgan fingerprint density at radius 1 is 1.21 bits per heavy atom. The van der Waals surface area contributed by atoms with Crippen molar-refractivity contribution in [3.63, 3.8) is 0 Å². The highest BCUT2D eigenvalue weighted by atomic mass is 127. The summed E-state index contributed by atoms with van der Waals surface area (Å²) in [5, 5.41) is 0. The molecule has 1 fully saturated rings. The van der Waals surface area contributed by atoms with Crippen LogP contribution >= 0.6 is 0 Å². The summed E-state index contributed by atoms with van der Waals surface area (Å²) in [4.78, 5) is 2.46. The van der Waals surface area contributed by atoms with Crippen LogP contribution in [-0.4, -0.2) is 13.1 Å². The van der Waals surface area contributed by atoms with Gasteiger partial charge in [0.25, 0.3) is 0 Å². The zero-order valence-corrected chi connectivity index (χ0v) is 10.8. The second kappa shape index (κ2) is 5.53. The Kier molecular flexibility index (Phi) is 4.65. The fraction of sp³-hybridized carbons (Fsp3) is 0.545. The van der Waals surface area contributed by atoms with Crippen molar-refractivity contribution >= 4 is 5.69 Å². The Morgan fingerprint density at radius 2 is 1.79 bits per heavy atom. The predicted molar refractivity (Wildman–Crippen MR) is 53.8 cm³/mol. The molecule has 1 aliphatic rings. The van der Waals surface area contributed by atoms with Crippen LogP contribution in [-0.2, 0) is 6.54 Å². The minimum Gasteiger partial charge on any atom is -1.00 e. The van der Waals surface area contributed by atoms with Gasteiger partial charge in [-0.1, -0.05) is 0 Å². The molecule has 0 amide bonds. The summed E-state index contributed by atoms with van der Waals surface area (Å²) < 4.78 is 2.19. The number of rotatable bonds is 2. The lowest BCUT2D eigenvalue weighted by molar-refractivity contribution is -0.693. The largest absolute Gasteiger partial charge is 1.00 e. The van der Waals surface area contributed by atoms with Crippen LogP contribution in [0.25, 0.3) is 0 Å². The van der Waals surface area contributed by atoms with Crippen molar-refractivity contribution in [2.75, 3.05) is 18.0 Å². The maximum atomic E-state index is 2.46. The first kappa shape index (κ1) is 11.8. The van der Waals surface area contributed by atoms with E-state index in [0.29, 0.717) is 0 Å². The van der Waals surface area contributed by atoms with Gasteiger partial charge in [0.05, 0.1) is 0 Å². The standard InChI is InChI=1S/C11H17N2.HI/c1-2-12-9-5-11(6-10-12)13-7-3-4-8-13;/h5-6,9-10H,2-4,7-8H2,1H3;1H/q+1;/p-1. The summed E-state index contributed by atoms with van der Waals surface area (Å²) in [6, 6.07) is 4.43. The molecule has 1 saturated heterocycles. The van der Waals surface area contributed by atoms with E-state index in [1.807, 2.05) is 0 Å². The average molecular weight is 304 g/mol. The molecule has 0 atom stereocenters. The first-order valence-corrected chi connectivity index (χ1v) is 5.14. The van der Waals surface area contributed by atoms with Crippen LogP contribution in [0.1, 0.15) is 19.8 Å². The van der Waals surface area contributed by atoms with Crippen molar-refractivity contribution in [1.82, 2.24) is 0 Å². The van der Waals surface area contributed by atoms with Gasteiger partial charge in [-0.3, -0.25) is 0 Å². The van der Waals surface area contributed by atoms with Crippen molar-refractivity contribution < 1.29 is 28.5 Å². The lowest BCUT2D eigenvalue weighted by atomic mass is 10.3. The first-order valence-electron chi connectivity index (χ1n) is 5.14. The molecule has 0 radical (unpaired) electrons. The molecule has 0 aliphatic carbocycles. The van der Waals surface area contributed by atoms with E-state index < -0.39 is 0 Å². The molecule has 1 aliphatic heterocycles. The Morgan fingerprint density at radius 3 is 2.29 bits per heavy atom. The quantitative estimate of drug-likeness (QED) is 0.481. The average Bonchev–Trinajstić information content (AvgIpc) is 2.71. The summed E-state index contributed by atoms with van der Waals surface area (Å²) >= 11 is 0. The van der Waals surface area contributed by atoms with E-state index in [0.717, 1.165) is 6.54 Å². The Balaban J connectivity index is 0.000000980. The third kappa shape index (κ3) is 2.59. The molecule has 0 unspecified atom stereocenters. The molecular weight excluding hydrogens is 287 g/mol. The number of hydrogen-bond donors (Lipinski definition) is 0. The Labute approximate surface area is 103 Å². The van der Waals surface area contributed by atoms with E-state index in [9.17, 15) is 0 Å². The predicted octanol–water partition coefficient (Wildman–Crippen LogP) is -1.40.